The van der Waals surface area contributed by atoms with Crippen molar-refractivity contribution in [2.45, 2.75) is 94.7 Å². The van der Waals surface area contributed by atoms with Gasteiger partial charge in [-0.15, -0.1) is 0 Å². The van der Waals surface area contributed by atoms with Crippen molar-refractivity contribution in [3.05, 3.63) is 0 Å². The molecule has 3 nitrogen and oxygen atoms in total. The van der Waals surface area contributed by atoms with Crippen LogP contribution in [0.2, 0.25) is 0 Å². The van der Waals surface area contributed by atoms with Crippen molar-refractivity contribution < 1.29 is 67.3 Å². The molecular weight excluding hydrogens is 504 g/mol. The first kappa shape index (κ1) is 30.6. The molecule has 15 heteroatoms. The van der Waals surface area contributed by atoms with E-state index in [-0.39, 0.29) is 19.3 Å². The Labute approximate surface area is 186 Å². The fourth-order valence-electron chi connectivity index (χ4n) is 4.44. The quantitative estimate of drug-likeness (QED) is 0.290. The van der Waals surface area contributed by atoms with Gasteiger partial charge < -0.3 is 9.84 Å². The van der Waals surface area contributed by atoms with Gasteiger partial charge in [-0.05, 0) is 38.5 Å². The molecule has 0 bridgehead atoms. The Morgan fingerprint density at radius 1 is 0.765 bits per heavy atom. The van der Waals surface area contributed by atoms with Crippen molar-refractivity contribution >= 4 is 5.97 Å². The number of carbonyl (C=O) groups is 1. The molecule has 0 aromatic heterocycles. The van der Waals surface area contributed by atoms with Crippen molar-refractivity contribution in [2.24, 2.45) is 17.8 Å². The summed E-state index contributed by atoms with van der Waals surface area (Å²) >= 11 is 0. The summed E-state index contributed by atoms with van der Waals surface area (Å²) in [5, 5.41) is 9.45. The molecule has 1 saturated carbocycles. The highest BCUT2D eigenvalue weighted by Gasteiger charge is 2.79. The minimum Gasteiger partial charge on any atom is -0.439 e. The fraction of sp³-hybridized carbons (Fsp3) is 0.947. The Morgan fingerprint density at radius 3 is 1.44 bits per heavy atom. The standard InChI is InChI=1S/C19H24F12O3/c1-3-5-10(4-2)13(32)34-15(18(26,27)28,19(29,30)31)12-8-6-11(7-9-12)14(33,16(20,21)22)17(23,24)25/h10-12,33H,3-9H2,1-2H3. The van der Waals surface area contributed by atoms with Crippen LogP contribution in [-0.4, -0.2) is 47.0 Å². The molecule has 0 aromatic rings. The van der Waals surface area contributed by atoms with Gasteiger partial charge in [-0.25, -0.2) is 0 Å². The van der Waals surface area contributed by atoms with Crippen molar-refractivity contribution in [3.63, 3.8) is 0 Å². The van der Waals surface area contributed by atoms with Gasteiger partial charge in [-0.1, -0.05) is 20.3 Å². The molecule has 1 N–H and O–H groups in total. The third-order valence-electron chi connectivity index (χ3n) is 6.32. The van der Waals surface area contributed by atoms with E-state index in [1.807, 2.05) is 0 Å². The fourth-order valence-corrected chi connectivity index (χ4v) is 4.44. The van der Waals surface area contributed by atoms with Gasteiger partial charge in [0.05, 0.1) is 5.92 Å². The molecule has 0 radical (unpaired) electrons. The molecule has 1 fully saturated rings. The second-order valence-electron chi connectivity index (χ2n) is 8.36. The number of carbonyl (C=O) groups excluding carboxylic acids is 1. The zero-order valence-electron chi connectivity index (χ0n) is 18.0. The third kappa shape index (κ3) is 5.38. The Kier molecular flexibility index (Phi) is 8.93. The Balaban J connectivity index is 3.42. The predicted octanol–water partition coefficient (Wildman–Crippen LogP) is 6.88. The number of esters is 1. The zero-order valence-corrected chi connectivity index (χ0v) is 18.0. The molecule has 1 aliphatic carbocycles. The summed E-state index contributed by atoms with van der Waals surface area (Å²) in [4.78, 5) is 12.2. The minimum absolute atomic E-state index is 0.0991. The largest absolute Gasteiger partial charge is 0.439 e. The van der Waals surface area contributed by atoms with Crippen LogP contribution >= 0.6 is 0 Å². The normalized spacial score (nSPS) is 22.4. The SMILES string of the molecule is CCCC(CC)C(=O)OC(C1CCC(C(O)(C(F)(F)F)C(F)(F)F)CC1)(C(F)(F)F)C(F)(F)F. The highest BCUT2D eigenvalue weighted by Crippen LogP contribution is 2.58. The lowest BCUT2D eigenvalue weighted by molar-refractivity contribution is -0.399. The van der Waals surface area contributed by atoms with Crippen LogP contribution in [0, 0.1) is 17.8 Å². The first-order valence-electron chi connectivity index (χ1n) is 10.3. The summed E-state index contributed by atoms with van der Waals surface area (Å²) in [6.07, 6.45) is -31.0. The maximum absolute atomic E-state index is 13.9. The number of rotatable bonds is 7. The van der Waals surface area contributed by atoms with Gasteiger partial charge >= 0.3 is 36.3 Å². The van der Waals surface area contributed by atoms with Crippen LogP contribution in [0.4, 0.5) is 52.7 Å². The van der Waals surface area contributed by atoms with E-state index in [0.29, 0.717) is 0 Å². The highest BCUT2D eigenvalue weighted by molar-refractivity contribution is 5.73. The molecule has 34 heavy (non-hydrogen) atoms. The molecule has 1 rings (SSSR count). The lowest BCUT2D eigenvalue weighted by atomic mass is 9.67. The highest BCUT2D eigenvalue weighted by atomic mass is 19.4. The number of halogens is 12. The van der Waals surface area contributed by atoms with Crippen molar-refractivity contribution in [2.75, 3.05) is 0 Å². The summed E-state index contributed by atoms with van der Waals surface area (Å²) in [6.45, 7) is 2.84. The maximum Gasteiger partial charge on any atom is 0.437 e. The predicted molar refractivity (Wildman–Crippen MR) is 92.1 cm³/mol. The monoisotopic (exact) mass is 528 g/mol. The summed E-state index contributed by atoms with van der Waals surface area (Å²) in [6, 6.07) is 0. The molecule has 202 valence electrons. The van der Waals surface area contributed by atoms with E-state index >= 15 is 0 Å². The van der Waals surface area contributed by atoms with Crippen molar-refractivity contribution in [1.29, 1.82) is 0 Å². The van der Waals surface area contributed by atoms with Crippen LogP contribution in [0.5, 0.6) is 0 Å². The van der Waals surface area contributed by atoms with Crippen molar-refractivity contribution in [1.82, 2.24) is 0 Å². The van der Waals surface area contributed by atoms with Crippen LogP contribution in [-0.2, 0) is 9.53 Å². The molecule has 1 unspecified atom stereocenters. The number of alkyl halides is 12. The van der Waals surface area contributed by atoms with Gasteiger partial charge in [-0.2, -0.15) is 52.7 Å². The Bertz CT molecular complexity index is 657. The Morgan fingerprint density at radius 2 is 1.15 bits per heavy atom. The summed E-state index contributed by atoms with van der Waals surface area (Å²) < 4.78 is 166. The summed E-state index contributed by atoms with van der Waals surface area (Å²) in [5.41, 5.74) is -10.5. The number of ether oxygens (including phenoxy) is 1. The lowest BCUT2D eigenvalue weighted by Gasteiger charge is -2.47. The van der Waals surface area contributed by atoms with E-state index in [2.05, 4.69) is 4.74 Å². The second-order valence-corrected chi connectivity index (χ2v) is 8.36. The summed E-state index contributed by atoms with van der Waals surface area (Å²) in [5.74, 6) is -8.60. The average Bonchev–Trinajstić information content (AvgIpc) is 2.65. The lowest BCUT2D eigenvalue weighted by Crippen LogP contribution is -2.66. The number of hydrogen-bond acceptors (Lipinski definition) is 3. The van der Waals surface area contributed by atoms with E-state index in [1.165, 1.54) is 13.8 Å². The zero-order chi connectivity index (χ0) is 27.0. The van der Waals surface area contributed by atoms with E-state index in [9.17, 15) is 62.6 Å². The third-order valence-corrected chi connectivity index (χ3v) is 6.32. The minimum atomic E-state index is -6.28. The van der Waals surface area contributed by atoms with Crippen LogP contribution in [0.3, 0.4) is 0 Å². The van der Waals surface area contributed by atoms with E-state index in [1.54, 1.807) is 0 Å². The topological polar surface area (TPSA) is 46.5 Å². The van der Waals surface area contributed by atoms with E-state index in [0.717, 1.165) is 0 Å². The molecule has 1 atom stereocenters. The first-order chi connectivity index (χ1) is 15.1. The van der Waals surface area contributed by atoms with Crippen LogP contribution in [0.25, 0.3) is 0 Å². The van der Waals surface area contributed by atoms with Gasteiger partial charge in [0.25, 0.3) is 5.60 Å². The van der Waals surface area contributed by atoms with Gasteiger partial charge in [0, 0.05) is 11.8 Å². The number of hydrogen-bond donors (Lipinski definition) is 1. The smallest absolute Gasteiger partial charge is 0.437 e. The van der Waals surface area contributed by atoms with Crippen LogP contribution < -0.4 is 0 Å². The van der Waals surface area contributed by atoms with E-state index < -0.39 is 85.3 Å². The average molecular weight is 528 g/mol. The number of aliphatic hydroxyl groups is 1. The van der Waals surface area contributed by atoms with Gasteiger partial charge in [0.15, 0.2) is 0 Å². The molecule has 0 aromatic carbocycles. The second kappa shape index (κ2) is 9.92. The molecule has 0 heterocycles. The first-order valence-corrected chi connectivity index (χ1v) is 10.3. The Hall–Kier alpha value is -1.41. The molecule has 0 spiro atoms. The van der Waals surface area contributed by atoms with Crippen molar-refractivity contribution in [3.8, 4) is 0 Å². The maximum atomic E-state index is 13.9. The molecule has 1 aliphatic rings. The van der Waals surface area contributed by atoms with Gasteiger partial charge in [0.1, 0.15) is 0 Å². The van der Waals surface area contributed by atoms with Crippen LogP contribution in [0.15, 0.2) is 0 Å². The summed E-state index contributed by atoms with van der Waals surface area (Å²) in [7, 11) is 0. The molecule has 0 aliphatic heterocycles. The molecule has 0 saturated heterocycles. The molecule has 0 amide bonds. The van der Waals surface area contributed by atoms with Gasteiger partial charge in [0.2, 0.25) is 0 Å². The van der Waals surface area contributed by atoms with Gasteiger partial charge in [-0.3, -0.25) is 4.79 Å². The van der Waals surface area contributed by atoms with E-state index in [4.69, 9.17) is 0 Å². The molecular formula is C19H24F12O3. The van der Waals surface area contributed by atoms with Crippen LogP contribution in [0.1, 0.15) is 58.8 Å².